The van der Waals surface area contributed by atoms with Gasteiger partial charge in [-0.05, 0) is 76.3 Å². The molecule has 42 heavy (non-hydrogen) atoms. The highest BCUT2D eigenvalue weighted by Gasteiger charge is 2.42. The predicted molar refractivity (Wildman–Crippen MR) is 165 cm³/mol. The lowest BCUT2D eigenvalue weighted by molar-refractivity contribution is -0.146. The standard InChI is InChI=1S/C32H41ClN2O6S/c1-6-17-39-27-19-21(2)25(33)20-24(27)28(34-42(38)32(3,4)5)22-12-15-35(16-13-22)30(36)29-26(14-18-40-29)41-31(37)23-10-8-7-9-11-23/h6-11,19-20,22,26,28-29,34H,1,12-18H2,2-5H3/t26?,28-,29?,42+/m1/s1. The molecular formula is C32H41ClN2O6S. The molecule has 2 heterocycles. The highest BCUT2D eigenvalue weighted by atomic mass is 35.5. The van der Waals surface area contributed by atoms with Crippen LogP contribution in [0.15, 0.2) is 55.1 Å². The summed E-state index contributed by atoms with van der Waals surface area (Å²) in [6.45, 7) is 13.1. The number of hydrogen-bond donors (Lipinski definition) is 1. The summed E-state index contributed by atoms with van der Waals surface area (Å²) < 4.78 is 33.7. The molecule has 4 rings (SSSR count). The van der Waals surface area contributed by atoms with Gasteiger partial charge in [-0.2, -0.15) is 0 Å². The molecule has 0 aromatic heterocycles. The van der Waals surface area contributed by atoms with Crippen LogP contribution in [0.3, 0.4) is 0 Å². The summed E-state index contributed by atoms with van der Waals surface area (Å²) in [5, 5.41) is 0.603. The fourth-order valence-corrected chi connectivity index (χ4v) is 6.30. The summed E-state index contributed by atoms with van der Waals surface area (Å²) in [4.78, 5) is 28.0. The van der Waals surface area contributed by atoms with Crippen molar-refractivity contribution in [2.45, 2.75) is 70.0 Å². The molecule has 1 amide bonds. The van der Waals surface area contributed by atoms with Gasteiger partial charge in [-0.15, -0.1) is 4.72 Å². The van der Waals surface area contributed by atoms with E-state index < -0.39 is 34.3 Å². The molecule has 10 heteroatoms. The largest absolute Gasteiger partial charge is 0.598 e. The van der Waals surface area contributed by atoms with Gasteiger partial charge in [0.2, 0.25) is 0 Å². The minimum absolute atomic E-state index is 0.0569. The number of nitrogens with zero attached hydrogens (tertiary/aromatic N) is 1. The molecule has 2 unspecified atom stereocenters. The quantitative estimate of drug-likeness (QED) is 0.212. The molecule has 0 aliphatic carbocycles. The molecule has 1 N–H and O–H groups in total. The maximum Gasteiger partial charge on any atom is 0.338 e. The number of amides is 1. The van der Waals surface area contributed by atoms with E-state index in [0.717, 1.165) is 11.1 Å². The molecule has 0 spiro atoms. The minimum atomic E-state index is -1.36. The van der Waals surface area contributed by atoms with E-state index in [9.17, 15) is 14.1 Å². The van der Waals surface area contributed by atoms with Crippen LogP contribution in [0.5, 0.6) is 5.75 Å². The van der Waals surface area contributed by atoms with E-state index >= 15 is 0 Å². The summed E-state index contributed by atoms with van der Waals surface area (Å²) in [7, 11) is 0. The number of halogens is 1. The van der Waals surface area contributed by atoms with Gasteiger partial charge < -0.3 is 23.7 Å². The highest BCUT2D eigenvalue weighted by molar-refractivity contribution is 7.90. The van der Waals surface area contributed by atoms with Crippen molar-refractivity contribution in [2.24, 2.45) is 5.92 Å². The molecule has 8 nitrogen and oxygen atoms in total. The Morgan fingerprint density at radius 1 is 1.21 bits per heavy atom. The zero-order valence-electron chi connectivity index (χ0n) is 24.8. The van der Waals surface area contributed by atoms with E-state index in [0.29, 0.717) is 61.9 Å². The maximum atomic E-state index is 13.5. The van der Waals surface area contributed by atoms with Crippen LogP contribution in [-0.4, -0.2) is 64.6 Å². The normalized spacial score (nSPS) is 21.0. The van der Waals surface area contributed by atoms with Gasteiger partial charge in [0.15, 0.2) is 6.10 Å². The van der Waals surface area contributed by atoms with Gasteiger partial charge in [-0.3, -0.25) is 4.79 Å². The van der Waals surface area contributed by atoms with Gasteiger partial charge in [0.1, 0.15) is 23.2 Å². The number of benzene rings is 2. The number of hydrogen-bond acceptors (Lipinski definition) is 7. The zero-order chi connectivity index (χ0) is 30.4. The molecule has 2 fully saturated rings. The van der Waals surface area contributed by atoms with Crippen molar-refractivity contribution in [3.05, 3.63) is 76.8 Å². The van der Waals surface area contributed by atoms with Crippen molar-refractivity contribution in [2.75, 3.05) is 26.3 Å². The highest BCUT2D eigenvalue weighted by Crippen LogP contribution is 2.40. The zero-order valence-corrected chi connectivity index (χ0v) is 26.3. The third-order valence-electron chi connectivity index (χ3n) is 7.64. The number of esters is 1. The lowest BCUT2D eigenvalue weighted by atomic mass is 9.85. The van der Waals surface area contributed by atoms with Gasteiger partial charge in [0.05, 0.1) is 18.2 Å². The molecule has 2 saturated heterocycles. The average molecular weight is 617 g/mol. The Morgan fingerprint density at radius 2 is 1.90 bits per heavy atom. The van der Waals surface area contributed by atoms with E-state index in [1.54, 1.807) is 35.2 Å². The first-order chi connectivity index (χ1) is 20.0. The Hall–Kier alpha value is -2.56. The second-order valence-electron chi connectivity index (χ2n) is 11.8. The number of piperidine rings is 1. The van der Waals surface area contributed by atoms with Crippen LogP contribution >= 0.6 is 11.6 Å². The van der Waals surface area contributed by atoms with E-state index in [-0.39, 0.29) is 17.9 Å². The van der Waals surface area contributed by atoms with Crippen LogP contribution in [0.2, 0.25) is 5.02 Å². The van der Waals surface area contributed by atoms with E-state index in [4.69, 9.17) is 25.8 Å². The number of ether oxygens (including phenoxy) is 3. The van der Waals surface area contributed by atoms with Crippen LogP contribution < -0.4 is 9.46 Å². The van der Waals surface area contributed by atoms with Gasteiger partial charge in [-0.25, -0.2) is 4.79 Å². The van der Waals surface area contributed by atoms with Gasteiger partial charge in [0, 0.05) is 41.5 Å². The first-order valence-corrected chi connectivity index (χ1v) is 15.9. The number of carbonyl (C=O) groups is 2. The SMILES string of the molecule is C=CCOc1cc(C)c(Cl)cc1[C@H](N[S@@+]([O-])C(C)(C)C)C1CCN(C(=O)C2OCCC2OC(=O)c2ccccc2)CC1. The smallest absolute Gasteiger partial charge is 0.338 e. The Kier molecular flexibility index (Phi) is 11.0. The summed E-state index contributed by atoms with van der Waals surface area (Å²) >= 11 is 5.21. The minimum Gasteiger partial charge on any atom is -0.598 e. The van der Waals surface area contributed by atoms with E-state index in [1.807, 2.05) is 45.9 Å². The lowest BCUT2D eigenvalue weighted by Gasteiger charge is -2.39. The molecule has 228 valence electrons. The number of likely N-dealkylation sites (tertiary alicyclic amines) is 1. The van der Waals surface area contributed by atoms with Gasteiger partial charge in [-0.1, -0.05) is 42.5 Å². The third-order valence-corrected chi connectivity index (χ3v) is 9.63. The first kappa shape index (κ1) is 32.4. The van der Waals surface area contributed by atoms with Crippen molar-refractivity contribution < 1.29 is 28.4 Å². The number of nitrogens with one attached hydrogen (secondary N) is 1. The topological polar surface area (TPSA) is 100 Å². The molecule has 2 aromatic rings. The lowest BCUT2D eigenvalue weighted by Crippen LogP contribution is -2.50. The van der Waals surface area contributed by atoms with Crippen LogP contribution in [0.4, 0.5) is 0 Å². The number of carbonyl (C=O) groups excluding carboxylic acids is 2. The molecule has 0 radical (unpaired) electrons. The van der Waals surface area contributed by atoms with Crippen molar-refractivity contribution in [1.29, 1.82) is 0 Å². The van der Waals surface area contributed by atoms with E-state index in [2.05, 4.69) is 11.3 Å². The molecule has 2 aliphatic rings. The van der Waals surface area contributed by atoms with Crippen LogP contribution in [0.25, 0.3) is 0 Å². The Bertz CT molecular complexity index is 1250. The van der Waals surface area contributed by atoms with Gasteiger partial charge >= 0.3 is 5.97 Å². The van der Waals surface area contributed by atoms with Crippen molar-refractivity contribution in [3.8, 4) is 5.75 Å². The molecule has 2 aromatic carbocycles. The fraction of sp³-hybridized carbons (Fsp3) is 0.500. The average Bonchev–Trinajstić information content (AvgIpc) is 3.44. The molecule has 2 aliphatic heterocycles. The predicted octanol–water partition coefficient (Wildman–Crippen LogP) is 5.56. The Morgan fingerprint density at radius 3 is 2.55 bits per heavy atom. The van der Waals surface area contributed by atoms with Crippen molar-refractivity contribution in [3.63, 3.8) is 0 Å². The summed E-state index contributed by atoms with van der Waals surface area (Å²) in [6.07, 6.45) is 2.02. The molecular weight excluding hydrogens is 576 g/mol. The molecule has 0 bridgehead atoms. The maximum absolute atomic E-state index is 13.5. The van der Waals surface area contributed by atoms with E-state index in [1.165, 1.54) is 0 Å². The van der Waals surface area contributed by atoms with Crippen LogP contribution in [0.1, 0.15) is 67.6 Å². The Labute approximate surface area is 257 Å². The summed E-state index contributed by atoms with van der Waals surface area (Å²) in [5.41, 5.74) is 2.16. The third kappa shape index (κ3) is 7.88. The molecule has 0 saturated carbocycles. The molecule has 4 atom stereocenters. The number of rotatable bonds is 10. The van der Waals surface area contributed by atoms with Crippen molar-refractivity contribution in [1.82, 2.24) is 9.62 Å². The monoisotopic (exact) mass is 616 g/mol. The summed E-state index contributed by atoms with van der Waals surface area (Å²) in [6, 6.07) is 12.2. The van der Waals surface area contributed by atoms with Crippen LogP contribution in [0, 0.1) is 12.8 Å². The summed E-state index contributed by atoms with van der Waals surface area (Å²) in [5.74, 6) is 0.0881. The second-order valence-corrected chi connectivity index (χ2v) is 14.2. The van der Waals surface area contributed by atoms with Crippen molar-refractivity contribution >= 4 is 34.8 Å². The van der Waals surface area contributed by atoms with Crippen LogP contribution in [-0.2, 0) is 25.6 Å². The second kappa shape index (κ2) is 14.3. The van der Waals surface area contributed by atoms with Gasteiger partial charge in [0.25, 0.3) is 5.91 Å². The Balaban J connectivity index is 1.48. The first-order valence-electron chi connectivity index (χ1n) is 14.4. The number of aryl methyl sites for hydroxylation is 1. The fourth-order valence-electron chi connectivity index (χ4n) is 5.23.